The van der Waals surface area contributed by atoms with Crippen LogP contribution < -0.4 is 10.0 Å². The van der Waals surface area contributed by atoms with Gasteiger partial charge in [-0.2, -0.15) is 17.5 Å². The Balaban J connectivity index is 1.57. The van der Waals surface area contributed by atoms with Gasteiger partial charge in [-0.3, -0.25) is 4.79 Å². The summed E-state index contributed by atoms with van der Waals surface area (Å²) < 4.78 is 90.3. The van der Waals surface area contributed by atoms with E-state index in [0.717, 1.165) is 17.5 Å². The van der Waals surface area contributed by atoms with E-state index in [2.05, 4.69) is 16.6 Å². The first-order chi connectivity index (χ1) is 16.3. The third kappa shape index (κ3) is 6.90. The first-order valence-corrected chi connectivity index (χ1v) is 13.5. The van der Waals surface area contributed by atoms with Gasteiger partial charge in [-0.25, -0.2) is 21.6 Å². The molecule has 2 aromatic rings. The van der Waals surface area contributed by atoms with Crippen molar-refractivity contribution in [3.63, 3.8) is 0 Å². The molecule has 1 saturated heterocycles. The van der Waals surface area contributed by atoms with Crippen molar-refractivity contribution < 1.29 is 34.8 Å². The van der Waals surface area contributed by atoms with Gasteiger partial charge in [-0.1, -0.05) is 18.7 Å². The zero-order valence-corrected chi connectivity index (χ0v) is 20.1. The molecule has 190 valence electrons. The monoisotopic (exact) mass is 531 g/mol. The maximum absolute atomic E-state index is 12.9. The van der Waals surface area contributed by atoms with Crippen molar-refractivity contribution >= 4 is 26.0 Å². The topological polar surface area (TPSA) is 113 Å². The number of alkyl halides is 3. The molecular formula is C22H24F3N3O5S2. The van der Waals surface area contributed by atoms with E-state index < -0.39 is 37.7 Å². The lowest BCUT2D eigenvalue weighted by Gasteiger charge is -2.17. The normalized spacial score (nSPS) is 17.3. The molecule has 1 atom stereocenters. The average Bonchev–Trinajstić information content (AvgIpc) is 3.31. The highest BCUT2D eigenvalue weighted by Crippen LogP contribution is 2.29. The van der Waals surface area contributed by atoms with E-state index in [1.807, 2.05) is 0 Å². The number of hydrogen-bond acceptors (Lipinski definition) is 5. The van der Waals surface area contributed by atoms with Crippen molar-refractivity contribution in [2.45, 2.75) is 24.0 Å². The zero-order valence-electron chi connectivity index (χ0n) is 18.5. The van der Waals surface area contributed by atoms with Gasteiger partial charge in [0, 0.05) is 37.2 Å². The lowest BCUT2D eigenvalue weighted by atomic mass is 10.1. The van der Waals surface area contributed by atoms with Gasteiger partial charge >= 0.3 is 6.18 Å². The first kappa shape index (κ1) is 26.9. The van der Waals surface area contributed by atoms with Crippen LogP contribution in [-0.2, 0) is 32.8 Å². The molecule has 1 heterocycles. The van der Waals surface area contributed by atoms with Crippen LogP contribution in [0.4, 0.5) is 13.2 Å². The van der Waals surface area contributed by atoms with E-state index in [1.165, 1.54) is 40.7 Å². The van der Waals surface area contributed by atoms with Gasteiger partial charge in [0.05, 0.1) is 10.5 Å². The molecule has 0 bridgehead atoms. The van der Waals surface area contributed by atoms with E-state index in [9.17, 15) is 34.8 Å². The fourth-order valence-corrected chi connectivity index (χ4v) is 5.62. The molecule has 0 spiro atoms. The lowest BCUT2D eigenvalue weighted by Crippen LogP contribution is -2.32. The number of carbonyl (C=O) groups is 1. The number of hydrogen-bond donors (Lipinski definition) is 2. The largest absolute Gasteiger partial charge is 0.416 e. The Morgan fingerprint density at radius 3 is 2.26 bits per heavy atom. The molecule has 1 amide bonds. The minimum absolute atomic E-state index is 0.00178. The lowest BCUT2D eigenvalue weighted by molar-refractivity contribution is -0.137. The molecule has 0 saturated carbocycles. The van der Waals surface area contributed by atoms with Gasteiger partial charge in [0.2, 0.25) is 20.0 Å². The number of rotatable bonds is 9. The van der Waals surface area contributed by atoms with Crippen LogP contribution in [-0.4, -0.2) is 46.7 Å². The fourth-order valence-electron chi connectivity index (χ4n) is 3.50. The Morgan fingerprint density at radius 1 is 1.06 bits per heavy atom. The number of halogens is 3. The molecule has 2 aromatic carbocycles. The first-order valence-electron chi connectivity index (χ1n) is 10.5. The summed E-state index contributed by atoms with van der Waals surface area (Å²) in [5.41, 5.74) is -0.120. The molecule has 13 heteroatoms. The molecule has 0 aromatic heterocycles. The Morgan fingerprint density at radius 2 is 1.69 bits per heavy atom. The smallest absolute Gasteiger partial charge is 0.348 e. The summed E-state index contributed by atoms with van der Waals surface area (Å²) in [6.07, 6.45) is -3.95. The molecule has 2 N–H and O–H groups in total. The second-order valence-electron chi connectivity index (χ2n) is 7.98. The van der Waals surface area contributed by atoms with Crippen LogP contribution in [0.5, 0.6) is 0 Å². The molecule has 0 radical (unpaired) electrons. The van der Waals surface area contributed by atoms with Crippen LogP contribution >= 0.6 is 0 Å². The van der Waals surface area contributed by atoms with Gasteiger partial charge in [0.1, 0.15) is 0 Å². The van der Waals surface area contributed by atoms with Crippen LogP contribution in [0.2, 0.25) is 0 Å². The van der Waals surface area contributed by atoms with Gasteiger partial charge in [0.15, 0.2) is 0 Å². The second kappa shape index (κ2) is 10.5. The highest BCUT2D eigenvalue weighted by atomic mass is 32.2. The van der Waals surface area contributed by atoms with Crippen molar-refractivity contribution in [3.8, 4) is 0 Å². The quantitative estimate of drug-likeness (QED) is 0.517. The van der Waals surface area contributed by atoms with Gasteiger partial charge < -0.3 is 5.32 Å². The maximum Gasteiger partial charge on any atom is 0.416 e. The van der Waals surface area contributed by atoms with E-state index in [4.69, 9.17) is 0 Å². The number of nitrogens with zero attached hydrogens (tertiary/aromatic N) is 1. The molecule has 0 aliphatic carbocycles. The second-order valence-corrected chi connectivity index (χ2v) is 11.6. The van der Waals surface area contributed by atoms with Gasteiger partial charge in [-0.15, -0.1) is 0 Å². The molecule has 35 heavy (non-hydrogen) atoms. The van der Waals surface area contributed by atoms with E-state index in [1.54, 1.807) is 0 Å². The van der Waals surface area contributed by atoms with Crippen molar-refractivity contribution in [1.29, 1.82) is 0 Å². The molecule has 1 aliphatic rings. The predicted octanol–water partition coefficient (Wildman–Crippen LogP) is 2.71. The van der Waals surface area contributed by atoms with Crippen LogP contribution in [0.1, 0.15) is 27.9 Å². The molecule has 1 aliphatic heterocycles. The van der Waals surface area contributed by atoms with E-state index in [0.29, 0.717) is 12.0 Å². The minimum atomic E-state index is -4.44. The van der Waals surface area contributed by atoms with Crippen molar-refractivity contribution in [3.05, 3.63) is 77.2 Å². The molecule has 0 unspecified atom stereocenters. The Bertz CT molecular complexity index is 1280. The summed E-state index contributed by atoms with van der Waals surface area (Å²) in [6.45, 7) is 3.69. The van der Waals surface area contributed by atoms with E-state index in [-0.39, 0.29) is 42.6 Å². The Labute approximate surface area is 201 Å². The van der Waals surface area contributed by atoms with Crippen LogP contribution in [0.15, 0.2) is 65.4 Å². The Kier molecular flexibility index (Phi) is 8.04. The minimum Gasteiger partial charge on any atom is -0.348 e. The van der Waals surface area contributed by atoms with Crippen LogP contribution in [0.3, 0.4) is 0 Å². The summed E-state index contributed by atoms with van der Waals surface area (Å²) in [7, 11) is -7.43. The number of carbonyl (C=O) groups excluding carboxylic acids is 1. The summed E-state index contributed by atoms with van der Waals surface area (Å²) in [5.74, 6) is -0.695. The third-order valence-corrected chi connectivity index (χ3v) is 8.42. The average molecular weight is 532 g/mol. The molecule has 3 rings (SSSR count). The summed E-state index contributed by atoms with van der Waals surface area (Å²) >= 11 is 0. The van der Waals surface area contributed by atoms with Crippen LogP contribution in [0, 0.1) is 5.92 Å². The number of benzene rings is 2. The number of nitrogens with one attached hydrogen (secondary N) is 2. The third-order valence-electron chi connectivity index (χ3n) is 5.53. The van der Waals surface area contributed by atoms with Crippen molar-refractivity contribution in [2.24, 2.45) is 5.92 Å². The molecule has 8 nitrogen and oxygen atoms in total. The summed E-state index contributed by atoms with van der Waals surface area (Å²) in [6, 6.07) is 9.69. The predicted molar refractivity (Wildman–Crippen MR) is 123 cm³/mol. The zero-order chi connectivity index (χ0) is 25.9. The maximum atomic E-state index is 12.9. The van der Waals surface area contributed by atoms with Crippen LogP contribution in [0.25, 0.3) is 0 Å². The summed E-state index contributed by atoms with van der Waals surface area (Å²) in [4.78, 5) is 12.4. The SMILES string of the molecule is C=CS(=O)(=O)NC[C@H]1CCN(S(=O)(=O)c2ccc(C(=O)NCc3ccc(C(F)(F)F)cc3)cc2)C1. The Hall–Kier alpha value is -2.74. The standard InChI is InChI=1S/C22H24F3N3O5S2/c1-2-34(30,31)27-14-17-11-12-28(15-17)35(32,33)20-9-5-18(6-10-20)21(29)26-13-16-3-7-19(8-4-16)22(23,24)25/h2-10,17,27H,1,11-15H2,(H,26,29)/t17-/m1/s1. The van der Waals surface area contributed by atoms with E-state index >= 15 is 0 Å². The highest BCUT2D eigenvalue weighted by Gasteiger charge is 2.33. The number of sulfonamides is 2. The molecule has 1 fully saturated rings. The number of amides is 1. The van der Waals surface area contributed by atoms with Crippen molar-refractivity contribution in [2.75, 3.05) is 19.6 Å². The van der Waals surface area contributed by atoms with Gasteiger partial charge in [-0.05, 0) is 54.3 Å². The van der Waals surface area contributed by atoms with Crippen molar-refractivity contribution in [1.82, 2.24) is 14.3 Å². The van der Waals surface area contributed by atoms with Gasteiger partial charge in [0.25, 0.3) is 5.91 Å². The fraction of sp³-hybridized carbons (Fsp3) is 0.318. The highest BCUT2D eigenvalue weighted by molar-refractivity contribution is 7.92. The summed E-state index contributed by atoms with van der Waals surface area (Å²) in [5, 5.41) is 3.37. The molecular weight excluding hydrogens is 507 g/mol.